The molecule has 3 rings (SSSR count). The van der Waals surface area contributed by atoms with E-state index in [9.17, 15) is 4.79 Å². The molecule has 0 aliphatic carbocycles. The van der Waals surface area contributed by atoms with Gasteiger partial charge < -0.3 is 9.30 Å². The number of hydrogen-bond acceptors (Lipinski definition) is 3. The third-order valence-electron chi connectivity index (χ3n) is 3.63. The second-order valence-corrected chi connectivity index (χ2v) is 7.64. The molecule has 0 radical (unpaired) electrons. The average Bonchev–Trinajstić information content (AvgIpc) is 3.05. The van der Waals surface area contributed by atoms with E-state index in [2.05, 4.69) is 33.0 Å². The maximum absolute atomic E-state index is 12.3. The van der Waals surface area contributed by atoms with Crippen LogP contribution >= 0.6 is 15.9 Å². The Bertz CT molecular complexity index is 720. The standard InChI is InChI=1S/C17H20BrN3O2/c1-17(2,3)23-16(22)21-9-13-6-12(7-15(18)14(13)10-21)8-20-5-4-19-11-20/h4-7,11H,8-10H2,1-3H3. The molecule has 1 aromatic carbocycles. The lowest BCUT2D eigenvalue weighted by atomic mass is 10.1. The number of ether oxygens (including phenoxy) is 1. The highest BCUT2D eigenvalue weighted by molar-refractivity contribution is 9.10. The molecule has 0 fully saturated rings. The smallest absolute Gasteiger partial charge is 0.410 e. The zero-order chi connectivity index (χ0) is 16.6. The predicted octanol–water partition coefficient (Wildman–Crippen LogP) is 3.94. The van der Waals surface area contributed by atoms with Gasteiger partial charge in [0, 0.05) is 30.0 Å². The number of halogens is 1. The Morgan fingerprint density at radius 1 is 1.35 bits per heavy atom. The van der Waals surface area contributed by atoms with Gasteiger partial charge in [0.05, 0.1) is 12.9 Å². The van der Waals surface area contributed by atoms with Crippen LogP contribution in [0.25, 0.3) is 0 Å². The number of fused-ring (bicyclic) bond motifs is 1. The Morgan fingerprint density at radius 2 is 2.13 bits per heavy atom. The van der Waals surface area contributed by atoms with Gasteiger partial charge in [0.25, 0.3) is 0 Å². The van der Waals surface area contributed by atoms with Gasteiger partial charge in [-0.1, -0.05) is 22.0 Å². The number of aromatic nitrogens is 2. The molecular weight excluding hydrogens is 358 g/mol. The first kappa shape index (κ1) is 16.1. The van der Waals surface area contributed by atoms with Crippen molar-refractivity contribution >= 4 is 22.0 Å². The zero-order valence-electron chi connectivity index (χ0n) is 13.5. The van der Waals surface area contributed by atoms with Gasteiger partial charge in [-0.25, -0.2) is 9.78 Å². The molecule has 23 heavy (non-hydrogen) atoms. The minimum Gasteiger partial charge on any atom is -0.444 e. The Labute approximate surface area is 144 Å². The summed E-state index contributed by atoms with van der Waals surface area (Å²) in [4.78, 5) is 18.1. The molecule has 0 saturated carbocycles. The van der Waals surface area contributed by atoms with Crippen LogP contribution in [0.1, 0.15) is 37.5 Å². The highest BCUT2D eigenvalue weighted by Crippen LogP contribution is 2.32. The molecule has 0 atom stereocenters. The first-order valence-electron chi connectivity index (χ1n) is 7.56. The van der Waals surface area contributed by atoms with Crippen LogP contribution in [0.3, 0.4) is 0 Å². The van der Waals surface area contributed by atoms with Crippen molar-refractivity contribution < 1.29 is 9.53 Å². The topological polar surface area (TPSA) is 47.4 Å². The Hall–Kier alpha value is -1.82. The van der Waals surface area contributed by atoms with Crippen molar-refractivity contribution in [3.05, 3.63) is 52.0 Å². The van der Waals surface area contributed by atoms with Crippen LogP contribution in [-0.4, -0.2) is 26.1 Å². The van der Waals surface area contributed by atoms with Gasteiger partial charge in [-0.2, -0.15) is 0 Å². The number of rotatable bonds is 2. The van der Waals surface area contributed by atoms with Gasteiger partial charge in [-0.05, 0) is 43.5 Å². The molecule has 0 unspecified atom stereocenters. The van der Waals surface area contributed by atoms with Crippen molar-refractivity contribution in [2.24, 2.45) is 0 Å². The van der Waals surface area contributed by atoms with E-state index in [0.29, 0.717) is 13.1 Å². The molecule has 1 aromatic heterocycles. The normalized spacial score (nSPS) is 14.0. The van der Waals surface area contributed by atoms with Crippen molar-refractivity contribution in [2.75, 3.05) is 0 Å². The highest BCUT2D eigenvalue weighted by atomic mass is 79.9. The lowest BCUT2D eigenvalue weighted by Gasteiger charge is -2.24. The summed E-state index contributed by atoms with van der Waals surface area (Å²) >= 11 is 3.64. The van der Waals surface area contributed by atoms with E-state index < -0.39 is 5.60 Å². The SMILES string of the molecule is CC(C)(C)OC(=O)N1Cc2cc(Cn3ccnc3)cc(Br)c2C1. The number of imidazole rings is 1. The molecule has 2 heterocycles. The zero-order valence-corrected chi connectivity index (χ0v) is 15.1. The number of hydrogen-bond donors (Lipinski definition) is 0. The first-order valence-corrected chi connectivity index (χ1v) is 8.35. The van der Waals surface area contributed by atoms with Gasteiger partial charge >= 0.3 is 6.09 Å². The van der Waals surface area contributed by atoms with Gasteiger partial charge in [-0.15, -0.1) is 0 Å². The maximum atomic E-state index is 12.3. The van der Waals surface area contributed by atoms with Crippen LogP contribution in [0.5, 0.6) is 0 Å². The molecule has 2 aromatic rings. The number of benzene rings is 1. The summed E-state index contributed by atoms with van der Waals surface area (Å²) in [6.45, 7) is 7.57. The van der Waals surface area contributed by atoms with E-state index in [4.69, 9.17) is 4.74 Å². The summed E-state index contributed by atoms with van der Waals surface area (Å²) in [5.74, 6) is 0. The van der Waals surface area contributed by atoms with Crippen LogP contribution in [0.2, 0.25) is 0 Å². The molecule has 1 aliphatic rings. The second-order valence-electron chi connectivity index (χ2n) is 6.79. The van der Waals surface area contributed by atoms with Gasteiger partial charge in [0.2, 0.25) is 0 Å². The fourth-order valence-electron chi connectivity index (χ4n) is 2.66. The summed E-state index contributed by atoms with van der Waals surface area (Å²) in [6, 6.07) is 4.27. The highest BCUT2D eigenvalue weighted by Gasteiger charge is 2.29. The summed E-state index contributed by atoms with van der Waals surface area (Å²) < 4.78 is 8.53. The van der Waals surface area contributed by atoms with Crippen molar-refractivity contribution in [2.45, 2.75) is 46.0 Å². The van der Waals surface area contributed by atoms with Crippen LogP contribution in [0.4, 0.5) is 4.79 Å². The molecule has 122 valence electrons. The molecule has 0 saturated heterocycles. The van der Waals surface area contributed by atoms with E-state index in [1.807, 2.05) is 31.5 Å². The van der Waals surface area contributed by atoms with E-state index >= 15 is 0 Å². The van der Waals surface area contributed by atoms with Crippen LogP contribution in [0.15, 0.2) is 35.3 Å². The largest absolute Gasteiger partial charge is 0.444 e. The summed E-state index contributed by atoms with van der Waals surface area (Å²) in [6.07, 6.45) is 5.24. The average molecular weight is 378 g/mol. The van der Waals surface area contributed by atoms with Crippen molar-refractivity contribution in [3.8, 4) is 0 Å². The Morgan fingerprint density at radius 3 is 2.78 bits per heavy atom. The molecule has 1 aliphatic heterocycles. The lowest BCUT2D eigenvalue weighted by Crippen LogP contribution is -2.33. The second kappa shape index (κ2) is 6.00. The summed E-state index contributed by atoms with van der Waals surface area (Å²) in [5.41, 5.74) is 3.03. The van der Waals surface area contributed by atoms with Gasteiger partial charge in [0.1, 0.15) is 5.60 Å². The minimum absolute atomic E-state index is 0.267. The quantitative estimate of drug-likeness (QED) is 0.795. The molecule has 6 heteroatoms. The van der Waals surface area contributed by atoms with Gasteiger partial charge in [-0.3, -0.25) is 4.90 Å². The Balaban J connectivity index is 1.77. The lowest BCUT2D eigenvalue weighted by molar-refractivity contribution is 0.0241. The molecule has 0 N–H and O–H groups in total. The fraction of sp³-hybridized carbons (Fsp3) is 0.412. The number of amides is 1. The monoisotopic (exact) mass is 377 g/mol. The van der Waals surface area contributed by atoms with Crippen molar-refractivity contribution in [3.63, 3.8) is 0 Å². The van der Waals surface area contributed by atoms with Gasteiger partial charge in [0.15, 0.2) is 0 Å². The minimum atomic E-state index is -0.477. The maximum Gasteiger partial charge on any atom is 0.410 e. The van der Waals surface area contributed by atoms with E-state index in [1.165, 1.54) is 11.1 Å². The van der Waals surface area contributed by atoms with E-state index in [0.717, 1.165) is 16.6 Å². The molecule has 0 spiro atoms. The fourth-order valence-corrected chi connectivity index (χ4v) is 3.34. The molecule has 0 bridgehead atoms. The van der Waals surface area contributed by atoms with E-state index in [1.54, 1.807) is 17.4 Å². The van der Waals surface area contributed by atoms with Crippen molar-refractivity contribution in [1.82, 2.24) is 14.5 Å². The molecular formula is C17H20BrN3O2. The molecule has 5 nitrogen and oxygen atoms in total. The van der Waals surface area contributed by atoms with Crippen LogP contribution < -0.4 is 0 Å². The van der Waals surface area contributed by atoms with Crippen LogP contribution in [-0.2, 0) is 24.4 Å². The van der Waals surface area contributed by atoms with Crippen molar-refractivity contribution in [1.29, 1.82) is 0 Å². The predicted molar refractivity (Wildman–Crippen MR) is 91.0 cm³/mol. The molecule has 1 amide bonds. The third kappa shape index (κ3) is 3.75. The Kier molecular flexibility index (Phi) is 4.19. The number of carbonyl (C=O) groups excluding carboxylic acids is 1. The number of carbonyl (C=O) groups is 1. The first-order chi connectivity index (χ1) is 10.8. The third-order valence-corrected chi connectivity index (χ3v) is 4.34. The summed E-state index contributed by atoms with van der Waals surface area (Å²) in [7, 11) is 0. The number of nitrogens with zero attached hydrogens (tertiary/aromatic N) is 3. The summed E-state index contributed by atoms with van der Waals surface area (Å²) in [5, 5.41) is 0. The van der Waals surface area contributed by atoms with Crippen LogP contribution in [0, 0.1) is 0 Å². The van der Waals surface area contributed by atoms with E-state index in [-0.39, 0.29) is 6.09 Å².